The fourth-order valence-electron chi connectivity index (χ4n) is 3.58. The zero-order valence-electron chi connectivity index (χ0n) is 14.8. The highest BCUT2D eigenvalue weighted by Gasteiger charge is 2.29. The molecule has 2 amide bonds. The third kappa shape index (κ3) is 3.69. The van der Waals surface area contributed by atoms with E-state index in [0.717, 1.165) is 36.3 Å². The van der Waals surface area contributed by atoms with Crippen LogP contribution in [0.1, 0.15) is 47.0 Å². The van der Waals surface area contributed by atoms with E-state index in [0.29, 0.717) is 13.1 Å². The highest BCUT2D eigenvalue weighted by Crippen LogP contribution is 2.34. The van der Waals surface area contributed by atoms with Gasteiger partial charge in [-0.05, 0) is 44.2 Å². The molecule has 0 radical (unpaired) electrons. The number of hydrogen-bond acceptors (Lipinski definition) is 4. The molecule has 2 aromatic rings. The van der Waals surface area contributed by atoms with Crippen molar-refractivity contribution in [3.8, 4) is 0 Å². The number of aryl methyl sites for hydroxylation is 3. The van der Waals surface area contributed by atoms with Crippen LogP contribution in [-0.2, 0) is 13.0 Å². The van der Waals surface area contributed by atoms with Crippen LogP contribution in [0.15, 0.2) is 28.8 Å². The molecule has 6 heteroatoms. The van der Waals surface area contributed by atoms with Crippen LogP contribution in [0.5, 0.6) is 0 Å². The Balaban J connectivity index is 1.76. The van der Waals surface area contributed by atoms with Crippen molar-refractivity contribution in [2.24, 2.45) is 0 Å². The van der Waals surface area contributed by atoms with Crippen molar-refractivity contribution in [2.45, 2.75) is 45.7 Å². The van der Waals surface area contributed by atoms with Crippen molar-refractivity contribution in [3.05, 3.63) is 52.4 Å². The fraction of sp³-hybridized carbons (Fsp3) is 0.474. The number of nitrogens with one attached hydrogen (secondary N) is 1. The summed E-state index contributed by atoms with van der Waals surface area (Å²) in [5.41, 5.74) is 4.17. The van der Waals surface area contributed by atoms with E-state index >= 15 is 0 Å². The first-order valence-electron chi connectivity index (χ1n) is 8.76. The quantitative estimate of drug-likeness (QED) is 0.875. The van der Waals surface area contributed by atoms with Crippen LogP contribution in [0.25, 0.3) is 0 Å². The number of fused-ring (bicyclic) bond motifs is 1. The molecular weight excluding hydrogens is 318 g/mol. The third-order valence-electron chi connectivity index (χ3n) is 4.91. The minimum Gasteiger partial charge on any atom is -0.395 e. The zero-order chi connectivity index (χ0) is 17.8. The number of amides is 2. The molecule has 1 heterocycles. The summed E-state index contributed by atoms with van der Waals surface area (Å²) >= 11 is 0. The minimum absolute atomic E-state index is 0.00164. The van der Waals surface area contributed by atoms with Crippen LogP contribution in [0.4, 0.5) is 4.79 Å². The van der Waals surface area contributed by atoms with Crippen LogP contribution in [0, 0.1) is 13.8 Å². The van der Waals surface area contributed by atoms with Gasteiger partial charge >= 0.3 is 6.03 Å². The predicted octanol–water partition coefficient (Wildman–Crippen LogP) is 2.87. The molecule has 6 nitrogen and oxygen atoms in total. The van der Waals surface area contributed by atoms with Gasteiger partial charge in [-0.3, -0.25) is 0 Å². The minimum atomic E-state index is -0.171. The summed E-state index contributed by atoms with van der Waals surface area (Å²) in [5, 5.41) is 16.3. The van der Waals surface area contributed by atoms with E-state index in [-0.39, 0.29) is 18.7 Å². The molecule has 2 N–H and O–H groups in total. The van der Waals surface area contributed by atoms with Crippen molar-refractivity contribution in [1.82, 2.24) is 15.4 Å². The summed E-state index contributed by atoms with van der Waals surface area (Å²) in [7, 11) is 0. The average Bonchev–Trinajstić information content (AvgIpc) is 2.95. The van der Waals surface area contributed by atoms with Crippen LogP contribution < -0.4 is 5.32 Å². The molecule has 1 aliphatic rings. The first-order chi connectivity index (χ1) is 12.1. The summed E-state index contributed by atoms with van der Waals surface area (Å²) in [6.45, 7) is 4.32. The van der Waals surface area contributed by atoms with Crippen molar-refractivity contribution < 1.29 is 14.4 Å². The van der Waals surface area contributed by atoms with Gasteiger partial charge in [-0.1, -0.05) is 29.4 Å². The molecule has 134 valence electrons. The number of benzene rings is 1. The number of hydrogen-bond donors (Lipinski definition) is 2. The molecule has 1 aliphatic carbocycles. The Hall–Kier alpha value is -2.34. The van der Waals surface area contributed by atoms with Gasteiger partial charge in [-0.25, -0.2) is 4.79 Å². The van der Waals surface area contributed by atoms with E-state index in [4.69, 9.17) is 4.52 Å². The summed E-state index contributed by atoms with van der Waals surface area (Å²) < 4.78 is 5.14. The lowest BCUT2D eigenvalue weighted by Gasteiger charge is -2.35. The molecular formula is C19H25N3O3. The highest BCUT2D eigenvalue weighted by molar-refractivity contribution is 5.75. The molecule has 1 aromatic heterocycles. The molecule has 0 aliphatic heterocycles. The number of aliphatic hydroxyl groups is 1. The fourth-order valence-corrected chi connectivity index (χ4v) is 3.58. The lowest BCUT2D eigenvalue weighted by molar-refractivity contribution is 0.144. The summed E-state index contributed by atoms with van der Waals surface area (Å²) in [6.07, 6.45) is 3.00. The lowest BCUT2D eigenvalue weighted by Crippen LogP contribution is -2.44. The molecule has 1 aromatic carbocycles. The summed E-state index contributed by atoms with van der Waals surface area (Å²) in [4.78, 5) is 14.6. The smallest absolute Gasteiger partial charge is 0.318 e. The maximum absolute atomic E-state index is 12.8. The van der Waals surface area contributed by atoms with Crippen LogP contribution >= 0.6 is 0 Å². The maximum Gasteiger partial charge on any atom is 0.318 e. The van der Waals surface area contributed by atoms with Gasteiger partial charge in [0.2, 0.25) is 0 Å². The Morgan fingerprint density at radius 2 is 2.20 bits per heavy atom. The van der Waals surface area contributed by atoms with Crippen LogP contribution in [0.3, 0.4) is 0 Å². The van der Waals surface area contributed by atoms with Gasteiger partial charge in [-0.2, -0.15) is 0 Å². The Morgan fingerprint density at radius 3 is 2.92 bits per heavy atom. The van der Waals surface area contributed by atoms with E-state index in [1.54, 1.807) is 4.90 Å². The van der Waals surface area contributed by atoms with Crippen molar-refractivity contribution in [2.75, 3.05) is 13.2 Å². The number of aromatic nitrogens is 1. The van der Waals surface area contributed by atoms with Gasteiger partial charge in [0.1, 0.15) is 5.76 Å². The average molecular weight is 343 g/mol. The number of rotatable bonds is 5. The molecule has 0 fully saturated rings. The third-order valence-corrected chi connectivity index (χ3v) is 4.91. The number of carbonyl (C=O) groups is 1. The number of carbonyl (C=O) groups excluding carboxylic acids is 1. The molecule has 0 unspecified atom stereocenters. The number of nitrogens with zero attached hydrogens (tertiary/aromatic N) is 2. The van der Waals surface area contributed by atoms with Gasteiger partial charge in [0, 0.05) is 18.7 Å². The maximum atomic E-state index is 12.8. The van der Waals surface area contributed by atoms with E-state index in [1.165, 1.54) is 11.1 Å². The van der Waals surface area contributed by atoms with Gasteiger partial charge in [-0.15, -0.1) is 0 Å². The molecule has 0 saturated heterocycles. The van der Waals surface area contributed by atoms with Gasteiger partial charge in [0.05, 0.1) is 18.3 Å². The Morgan fingerprint density at radius 1 is 1.40 bits per heavy atom. The first-order valence-corrected chi connectivity index (χ1v) is 8.76. The second-order valence-electron chi connectivity index (χ2n) is 6.49. The van der Waals surface area contributed by atoms with Crippen molar-refractivity contribution in [3.63, 3.8) is 0 Å². The normalized spacial score (nSPS) is 16.4. The van der Waals surface area contributed by atoms with Crippen LogP contribution in [0.2, 0.25) is 0 Å². The van der Waals surface area contributed by atoms with E-state index in [1.807, 2.05) is 26.0 Å². The van der Waals surface area contributed by atoms with Crippen molar-refractivity contribution in [1.29, 1.82) is 0 Å². The Bertz CT molecular complexity index is 722. The van der Waals surface area contributed by atoms with E-state index in [9.17, 15) is 9.90 Å². The second-order valence-corrected chi connectivity index (χ2v) is 6.49. The van der Waals surface area contributed by atoms with Gasteiger partial charge in [0.25, 0.3) is 0 Å². The number of urea groups is 1. The lowest BCUT2D eigenvalue weighted by atomic mass is 9.87. The monoisotopic (exact) mass is 343 g/mol. The standard InChI is InChI=1S/C19H25N3O3/c1-13-17(14(2)25-21-13)12-20-19(24)22(10-11-23)18-9-5-7-15-6-3-4-8-16(15)18/h3-4,6,8,18,23H,5,7,9-12H2,1-2H3,(H,20,24)/t18-/m0/s1. The first kappa shape index (κ1) is 17.5. The predicted molar refractivity (Wildman–Crippen MR) is 94.1 cm³/mol. The zero-order valence-corrected chi connectivity index (χ0v) is 14.8. The van der Waals surface area contributed by atoms with Crippen molar-refractivity contribution >= 4 is 6.03 Å². The van der Waals surface area contributed by atoms with E-state index in [2.05, 4.69) is 22.6 Å². The second kappa shape index (κ2) is 7.70. The largest absolute Gasteiger partial charge is 0.395 e. The Labute approximate surface area is 147 Å². The summed E-state index contributed by atoms with van der Waals surface area (Å²) in [5.74, 6) is 0.717. The molecule has 0 spiro atoms. The SMILES string of the molecule is Cc1noc(C)c1CNC(=O)N(CCO)[C@H]1CCCc2ccccc21. The topological polar surface area (TPSA) is 78.6 Å². The molecule has 3 rings (SSSR count). The molecule has 0 saturated carbocycles. The molecule has 25 heavy (non-hydrogen) atoms. The molecule has 1 atom stereocenters. The number of aliphatic hydroxyl groups excluding tert-OH is 1. The summed E-state index contributed by atoms with van der Waals surface area (Å²) in [6, 6.07) is 8.09. The van der Waals surface area contributed by atoms with Gasteiger partial charge in [0.15, 0.2) is 0 Å². The Kier molecular flexibility index (Phi) is 5.38. The highest BCUT2D eigenvalue weighted by atomic mass is 16.5. The molecule has 0 bridgehead atoms. The van der Waals surface area contributed by atoms with Gasteiger partial charge < -0.3 is 19.8 Å². The van der Waals surface area contributed by atoms with Crippen LogP contribution in [-0.4, -0.2) is 34.3 Å². The van der Waals surface area contributed by atoms with E-state index < -0.39 is 0 Å².